The summed E-state index contributed by atoms with van der Waals surface area (Å²) in [5, 5.41) is 23.8. The second kappa shape index (κ2) is 8.26. The van der Waals surface area contributed by atoms with Gasteiger partial charge in [0.2, 0.25) is 5.91 Å². The topological polar surface area (TPSA) is 103 Å². The Labute approximate surface area is 181 Å². The molecule has 1 amide bonds. The summed E-state index contributed by atoms with van der Waals surface area (Å²) in [4.78, 5) is 28.4. The number of rotatable bonds is 4. The fourth-order valence-corrected chi connectivity index (χ4v) is 4.68. The van der Waals surface area contributed by atoms with Crippen LogP contribution >= 0.6 is 0 Å². The van der Waals surface area contributed by atoms with Gasteiger partial charge in [-0.05, 0) is 44.0 Å². The van der Waals surface area contributed by atoms with E-state index >= 15 is 0 Å². The van der Waals surface area contributed by atoms with Crippen LogP contribution in [0.1, 0.15) is 25.0 Å². The first-order chi connectivity index (χ1) is 14.9. The molecule has 0 aromatic heterocycles. The maximum Gasteiger partial charge on any atom is 0.269 e. The summed E-state index contributed by atoms with van der Waals surface area (Å²) in [5.41, 5.74) is 3.33. The summed E-state index contributed by atoms with van der Waals surface area (Å²) in [5.74, 6) is -0.383. The van der Waals surface area contributed by atoms with Gasteiger partial charge in [-0.3, -0.25) is 14.9 Å². The Hall–Kier alpha value is -3.60. The molecular weight excluding hydrogens is 394 g/mol. The van der Waals surface area contributed by atoms with Gasteiger partial charge in [-0.2, -0.15) is 5.26 Å². The highest BCUT2D eigenvalue weighted by Crippen LogP contribution is 2.39. The molecule has 8 heteroatoms. The molecule has 2 heterocycles. The van der Waals surface area contributed by atoms with E-state index in [0.29, 0.717) is 31.6 Å². The van der Waals surface area contributed by atoms with E-state index in [0.717, 1.165) is 16.9 Å². The van der Waals surface area contributed by atoms with Gasteiger partial charge < -0.3 is 15.1 Å². The maximum absolute atomic E-state index is 13.1. The van der Waals surface area contributed by atoms with Crippen molar-refractivity contribution in [3.05, 3.63) is 63.7 Å². The van der Waals surface area contributed by atoms with Crippen molar-refractivity contribution in [1.29, 1.82) is 5.26 Å². The van der Waals surface area contributed by atoms with E-state index in [-0.39, 0.29) is 29.6 Å². The quantitative estimate of drug-likeness (QED) is 0.604. The number of hydrogen-bond donors (Lipinski definition) is 1. The molecule has 160 valence electrons. The summed E-state index contributed by atoms with van der Waals surface area (Å²) in [6.45, 7) is 5.82. The van der Waals surface area contributed by atoms with Gasteiger partial charge in [-0.25, -0.2) is 0 Å². The highest BCUT2D eigenvalue weighted by molar-refractivity contribution is 5.83. The minimum absolute atomic E-state index is 0.00599. The SMILES string of the molecule is CC(C)NC(=O)C1Cc2cc([N+](=O)[O-])ccc2N2CCN(c3ccccc3C#N)CC12. The molecule has 2 aromatic carbocycles. The van der Waals surface area contributed by atoms with Gasteiger partial charge in [0.1, 0.15) is 6.07 Å². The van der Waals surface area contributed by atoms with Crippen LogP contribution < -0.4 is 15.1 Å². The zero-order valence-electron chi connectivity index (χ0n) is 17.6. The first-order valence-corrected chi connectivity index (χ1v) is 10.5. The summed E-state index contributed by atoms with van der Waals surface area (Å²) < 4.78 is 0. The van der Waals surface area contributed by atoms with E-state index in [1.165, 1.54) is 6.07 Å². The van der Waals surface area contributed by atoms with Crippen molar-refractivity contribution in [2.45, 2.75) is 32.4 Å². The molecule has 0 radical (unpaired) electrons. The fourth-order valence-electron chi connectivity index (χ4n) is 4.68. The lowest BCUT2D eigenvalue weighted by molar-refractivity contribution is -0.384. The summed E-state index contributed by atoms with van der Waals surface area (Å²) in [7, 11) is 0. The third-order valence-corrected chi connectivity index (χ3v) is 6.04. The first-order valence-electron chi connectivity index (χ1n) is 10.5. The number of para-hydroxylation sites is 1. The van der Waals surface area contributed by atoms with Crippen molar-refractivity contribution in [3.63, 3.8) is 0 Å². The average Bonchev–Trinajstić information content (AvgIpc) is 2.77. The zero-order chi connectivity index (χ0) is 22.1. The number of nitrogens with zero attached hydrogens (tertiary/aromatic N) is 4. The number of hydrogen-bond acceptors (Lipinski definition) is 6. The van der Waals surface area contributed by atoms with E-state index < -0.39 is 4.92 Å². The van der Waals surface area contributed by atoms with Crippen LogP contribution in [0, 0.1) is 27.4 Å². The van der Waals surface area contributed by atoms with Crippen LogP contribution in [-0.2, 0) is 11.2 Å². The van der Waals surface area contributed by atoms with Crippen LogP contribution in [0.2, 0.25) is 0 Å². The van der Waals surface area contributed by atoms with E-state index in [1.54, 1.807) is 18.2 Å². The molecule has 31 heavy (non-hydrogen) atoms. The largest absolute Gasteiger partial charge is 0.367 e. The van der Waals surface area contributed by atoms with Gasteiger partial charge >= 0.3 is 0 Å². The Bertz CT molecular complexity index is 1060. The fraction of sp³-hybridized carbons (Fsp3) is 0.391. The van der Waals surface area contributed by atoms with Gasteiger partial charge in [-0.1, -0.05) is 12.1 Å². The van der Waals surface area contributed by atoms with Crippen molar-refractivity contribution in [1.82, 2.24) is 5.32 Å². The minimum Gasteiger partial charge on any atom is -0.367 e. The third kappa shape index (κ3) is 3.91. The Morgan fingerprint density at radius 3 is 2.71 bits per heavy atom. The number of amides is 1. The summed E-state index contributed by atoms with van der Waals surface area (Å²) in [6.07, 6.45) is 0.449. The summed E-state index contributed by atoms with van der Waals surface area (Å²) in [6, 6.07) is 14.6. The van der Waals surface area contributed by atoms with Gasteiger partial charge in [0.15, 0.2) is 0 Å². The molecule has 2 unspecified atom stereocenters. The van der Waals surface area contributed by atoms with Crippen LogP contribution in [0.5, 0.6) is 0 Å². The van der Waals surface area contributed by atoms with Crippen LogP contribution in [0.4, 0.5) is 17.1 Å². The number of non-ortho nitro benzene ring substituents is 1. The number of carbonyl (C=O) groups is 1. The van der Waals surface area contributed by atoms with Gasteiger partial charge in [-0.15, -0.1) is 0 Å². The number of carbonyl (C=O) groups excluding carboxylic acids is 1. The Kier molecular flexibility index (Phi) is 5.51. The molecule has 2 aliphatic heterocycles. The monoisotopic (exact) mass is 419 g/mol. The van der Waals surface area contributed by atoms with Crippen molar-refractivity contribution < 1.29 is 9.72 Å². The predicted molar refractivity (Wildman–Crippen MR) is 118 cm³/mol. The van der Waals surface area contributed by atoms with Gasteiger partial charge in [0.25, 0.3) is 5.69 Å². The number of benzene rings is 2. The normalized spacial score (nSPS) is 19.9. The van der Waals surface area contributed by atoms with E-state index in [4.69, 9.17) is 0 Å². The Balaban J connectivity index is 1.71. The van der Waals surface area contributed by atoms with Crippen molar-refractivity contribution in [2.75, 3.05) is 29.4 Å². The standard InChI is InChI=1S/C23H25N5O3/c1-15(2)25-23(29)19-12-17-11-18(28(30)31)7-8-21(17)27-10-9-26(14-22(19)27)20-6-4-3-5-16(20)13-24/h3-8,11,15,19,22H,9-10,12,14H2,1-2H3,(H,25,29). The molecular formula is C23H25N5O3. The first kappa shape index (κ1) is 20.7. The van der Waals surface area contributed by atoms with Crippen molar-refractivity contribution in [2.24, 2.45) is 5.92 Å². The molecule has 0 bridgehead atoms. The van der Waals surface area contributed by atoms with Crippen LogP contribution in [-0.4, -0.2) is 42.5 Å². The molecule has 1 fully saturated rings. The molecule has 4 rings (SSSR count). The lowest BCUT2D eigenvalue weighted by Crippen LogP contribution is -2.61. The lowest BCUT2D eigenvalue weighted by atomic mass is 9.83. The van der Waals surface area contributed by atoms with Crippen molar-refractivity contribution >= 4 is 23.0 Å². The molecule has 0 saturated carbocycles. The number of fused-ring (bicyclic) bond motifs is 3. The maximum atomic E-state index is 13.1. The highest BCUT2D eigenvalue weighted by atomic mass is 16.6. The van der Waals surface area contributed by atoms with Crippen LogP contribution in [0.3, 0.4) is 0 Å². The number of nitrogens with one attached hydrogen (secondary N) is 1. The smallest absolute Gasteiger partial charge is 0.269 e. The lowest BCUT2D eigenvalue weighted by Gasteiger charge is -2.49. The number of piperazine rings is 1. The molecule has 0 spiro atoms. The molecule has 1 saturated heterocycles. The van der Waals surface area contributed by atoms with Crippen LogP contribution in [0.25, 0.3) is 0 Å². The molecule has 2 aromatic rings. The van der Waals surface area contributed by atoms with Crippen molar-refractivity contribution in [3.8, 4) is 6.07 Å². The molecule has 1 N–H and O–H groups in total. The highest BCUT2D eigenvalue weighted by Gasteiger charge is 2.42. The van der Waals surface area contributed by atoms with Gasteiger partial charge in [0, 0.05) is 43.5 Å². The minimum atomic E-state index is -0.397. The zero-order valence-corrected chi connectivity index (χ0v) is 17.6. The second-order valence-corrected chi connectivity index (χ2v) is 8.38. The summed E-state index contributed by atoms with van der Waals surface area (Å²) >= 11 is 0. The van der Waals surface area contributed by atoms with E-state index in [2.05, 4.69) is 21.2 Å². The molecule has 2 aliphatic rings. The number of nitro benzene ring substituents is 1. The Morgan fingerprint density at radius 1 is 1.23 bits per heavy atom. The second-order valence-electron chi connectivity index (χ2n) is 8.38. The van der Waals surface area contributed by atoms with Gasteiger partial charge in [0.05, 0.1) is 28.1 Å². The predicted octanol–water partition coefficient (Wildman–Crippen LogP) is 2.86. The number of anilines is 2. The molecule has 8 nitrogen and oxygen atoms in total. The number of nitro groups is 1. The molecule has 2 atom stereocenters. The molecule has 0 aliphatic carbocycles. The van der Waals surface area contributed by atoms with Crippen LogP contribution in [0.15, 0.2) is 42.5 Å². The number of nitriles is 1. The third-order valence-electron chi connectivity index (χ3n) is 6.04. The van der Waals surface area contributed by atoms with E-state index in [9.17, 15) is 20.2 Å². The Morgan fingerprint density at radius 2 is 2.00 bits per heavy atom. The average molecular weight is 419 g/mol. The van der Waals surface area contributed by atoms with E-state index in [1.807, 2.05) is 32.0 Å².